The molecule has 4 aromatic rings. The van der Waals surface area contributed by atoms with Crippen molar-refractivity contribution in [2.24, 2.45) is 0 Å². The number of methoxy groups -OCH3 is 1. The molecular weight excluding hydrogens is 442 g/mol. The number of nitrogens with zero attached hydrogens (tertiary/aromatic N) is 3. The maximum absolute atomic E-state index is 12.9. The number of para-hydroxylation sites is 1. The monoisotopic (exact) mass is 467 g/mol. The van der Waals surface area contributed by atoms with E-state index >= 15 is 0 Å². The van der Waals surface area contributed by atoms with Gasteiger partial charge < -0.3 is 15.0 Å². The fourth-order valence-corrected chi connectivity index (χ4v) is 5.44. The summed E-state index contributed by atoms with van der Waals surface area (Å²) in [6, 6.07) is 13.6. The SMILES string of the molecule is COc1ccccc1CSc1nc2ccc(NC(=O)C(Cc3cnc[nH]3)N(C)C)cc2s1. The Morgan fingerprint density at radius 3 is 2.88 bits per heavy atom. The van der Waals surface area contributed by atoms with Gasteiger partial charge in [-0.25, -0.2) is 9.97 Å². The number of aromatic amines is 1. The van der Waals surface area contributed by atoms with Gasteiger partial charge in [0, 0.05) is 35.3 Å². The van der Waals surface area contributed by atoms with Crippen molar-refractivity contribution in [1.29, 1.82) is 0 Å². The number of amides is 1. The number of carbonyl (C=O) groups is 1. The molecule has 0 radical (unpaired) electrons. The van der Waals surface area contributed by atoms with Crippen molar-refractivity contribution in [2.45, 2.75) is 22.6 Å². The van der Waals surface area contributed by atoms with Crippen LogP contribution in [0.15, 0.2) is 59.3 Å². The van der Waals surface area contributed by atoms with Crippen molar-refractivity contribution in [3.8, 4) is 5.75 Å². The molecule has 7 nitrogen and oxygen atoms in total. The minimum absolute atomic E-state index is 0.0563. The Balaban J connectivity index is 1.44. The first-order valence-corrected chi connectivity index (χ1v) is 11.9. The lowest BCUT2D eigenvalue weighted by Gasteiger charge is -2.22. The summed E-state index contributed by atoms with van der Waals surface area (Å²) in [6.07, 6.45) is 3.93. The third kappa shape index (κ3) is 5.29. The van der Waals surface area contributed by atoms with Crippen LogP contribution in [0.3, 0.4) is 0 Å². The summed E-state index contributed by atoms with van der Waals surface area (Å²) < 4.78 is 7.46. The van der Waals surface area contributed by atoms with Gasteiger partial charge in [-0.05, 0) is 38.4 Å². The Bertz CT molecular complexity index is 1190. The van der Waals surface area contributed by atoms with Gasteiger partial charge in [-0.2, -0.15) is 0 Å². The predicted molar refractivity (Wildman–Crippen MR) is 131 cm³/mol. The highest BCUT2D eigenvalue weighted by Crippen LogP contribution is 2.34. The molecular formula is C23H25N5O2S2. The third-order valence-corrected chi connectivity index (χ3v) is 7.28. The molecule has 0 fully saturated rings. The van der Waals surface area contributed by atoms with E-state index in [4.69, 9.17) is 9.72 Å². The van der Waals surface area contributed by atoms with Crippen molar-refractivity contribution in [3.05, 3.63) is 66.2 Å². The van der Waals surface area contributed by atoms with Crippen LogP contribution in [0.4, 0.5) is 5.69 Å². The van der Waals surface area contributed by atoms with Crippen molar-refractivity contribution < 1.29 is 9.53 Å². The first-order chi connectivity index (χ1) is 15.5. The highest BCUT2D eigenvalue weighted by Gasteiger charge is 2.22. The molecule has 0 saturated carbocycles. The number of hydrogen-bond acceptors (Lipinski definition) is 7. The number of aromatic nitrogens is 3. The van der Waals surface area contributed by atoms with Crippen molar-refractivity contribution >= 4 is 44.9 Å². The number of ether oxygens (including phenoxy) is 1. The molecule has 0 aliphatic rings. The largest absolute Gasteiger partial charge is 0.496 e. The lowest BCUT2D eigenvalue weighted by Crippen LogP contribution is -2.41. The van der Waals surface area contributed by atoms with E-state index in [2.05, 4.69) is 21.4 Å². The number of anilines is 1. The van der Waals surface area contributed by atoms with Crippen LogP contribution in [0.2, 0.25) is 0 Å². The van der Waals surface area contributed by atoms with Gasteiger partial charge >= 0.3 is 0 Å². The Kier molecular flexibility index (Phi) is 7.09. The van der Waals surface area contributed by atoms with Gasteiger partial charge in [-0.1, -0.05) is 30.0 Å². The van der Waals surface area contributed by atoms with Crippen molar-refractivity contribution in [3.63, 3.8) is 0 Å². The van der Waals surface area contributed by atoms with Crippen molar-refractivity contribution in [1.82, 2.24) is 19.9 Å². The zero-order valence-corrected chi connectivity index (χ0v) is 19.8. The average Bonchev–Trinajstić information content (AvgIpc) is 3.45. The number of imidazole rings is 1. The Morgan fingerprint density at radius 2 is 2.12 bits per heavy atom. The van der Waals surface area contributed by atoms with Gasteiger partial charge in [0.2, 0.25) is 5.91 Å². The van der Waals surface area contributed by atoms with E-state index in [1.807, 2.05) is 55.4 Å². The minimum atomic E-state index is -0.306. The van der Waals surface area contributed by atoms with Gasteiger partial charge in [0.25, 0.3) is 0 Å². The van der Waals surface area contributed by atoms with E-state index in [1.165, 1.54) is 0 Å². The topological polar surface area (TPSA) is 83.1 Å². The van der Waals surface area contributed by atoms with E-state index in [9.17, 15) is 4.79 Å². The second-order valence-electron chi connectivity index (χ2n) is 7.51. The first kappa shape index (κ1) is 22.3. The average molecular weight is 468 g/mol. The number of thiazole rings is 1. The van der Waals surface area contributed by atoms with Crippen LogP contribution in [0.1, 0.15) is 11.3 Å². The molecule has 1 atom stereocenters. The minimum Gasteiger partial charge on any atom is -0.496 e. The lowest BCUT2D eigenvalue weighted by molar-refractivity contribution is -0.120. The van der Waals surface area contributed by atoms with E-state index < -0.39 is 0 Å². The van der Waals surface area contributed by atoms with Gasteiger partial charge in [0.05, 0.1) is 29.7 Å². The molecule has 1 unspecified atom stereocenters. The molecule has 0 aliphatic carbocycles. The maximum atomic E-state index is 12.9. The van der Waals surface area contributed by atoms with Crippen LogP contribution in [0, 0.1) is 0 Å². The van der Waals surface area contributed by atoms with E-state index in [0.29, 0.717) is 6.42 Å². The maximum Gasteiger partial charge on any atom is 0.242 e. The first-order valence-electron chi connectivity index (χ1n) is 10.1. The Morgan fingerprint density at radius 1 is 1.28 bits per heavy atom. The summed E-state index contributed by atoms with van der Waals surface area (Å²) in [7, 11) is 5.49. The predicted octanol–water partition coefficient (Wildman–Crippen LogP) is 4.43. The van der Waals surface area contributed by atoms with E-state index in [-0.39, 0.29) is 11.9 Å². The summed E-state index contributed by atoms with van der Waals surface area (Å²) in [5.74, 6) is 1.61. The van der Waals surface area contributed by atoms with Crippen molar-refractivity contribution in [2.75, 3.05) is 26.5 Å². The number of carbonyl (C=O) groups excluding carboxylic acids is 1. The number of H-pyrrole nitrogens is 1. The van der Waals surface area contributed by atoms with E-state index in [0.717, 1.165) is 43.0 Å². The number of likely N-dealkylation sites (N-methyl/N-ethyl adjacent to an activating group) is 1. The molecule has 0 aliphatic heterocycles. The number of fused-ring (bicyclic) bond motifs is 1. The molecule has 2 aromatic carbocycles. The molecule has 2 heterocycles. The molecule has 4 rings (SSSR count). The summed E-state index contributed by atoms with van der Waals surface area (Å²) in [4.78, 5) is 26.7. The second-order valence-corrected chi connectivity index (χ2v) is 9.77. The van der Waals surface area contributed by atoms with Crippen LogP contribution in [-0.2, 0) is 17.0 Å². The van der Waals surface area contributed by atoms with Crippen LogP contribution in [-0.4, -0.2) is 53.0 Å². The zero-order chi connectivity index (χ0) is 22.5. The smallest absolute Gasteiger partial charge is 0.242 e. The van der Waals surface area contributed by atoms with Crippen LogP contribution in [0.5, 0.6) is 5.75 Å². The molecule has 0 bridgehead atoms. The van der Waals surface area contributed by atoms with E-state index in [1.54, 1.807) is 42.7 Å². The standard InChI is InChI=1S/C23H25N5O2S2/c1-28(2)19(10-17-12-24-14-25-17)22(29)26-16-8-9-18-21(11-16)32-23(27-18)31-13-15-6-4-5-7-20(15)30-3/h4-9,11-12,14,19H,10,13H2,1-3H3,(H,24,25)(H,26,29). The molecule has 1 amide bonds. The summed E-state index contributed by atoms with van der Waals surface area (Å²) in [5.41, 5.74) is 3.76. The molecule has 32 heavy (non-hydrogen) atoms. The third-order valence-electron chi connectivity index (χ3n) is 5.07. The summed E-state index contributed by atoms with van der Waals surface area (Å²) >= 11 is 3.31. The normalized spacial score (nSPS) is 12.2. The quantitative estimate of drug-likeness (QED) is 0.354. The Labute approximate surface area is 195 Å². The number of nitrogens with one attached hydrogen (secondary N) is 2. The van der Waals surface area contributed by atoms with Crippen LogP contribution in [0.25, 0.3) is 10.2 Å². The van der Waals surface area contributed by atoms with Gasteiger partial charge in [0.1, 0.15) is 5.75 Å². The van der Waals surface area contributed by atoms with Gasteiger partial charge in [-0.15, -0.1) is 11.3 Å². The molecule has 2 aromatic heterocycles. The Hall–Kier alpha value is -2.88. The molecule has 166 valence electrons. The highest BCUT2D eigenvalue weighted by atomic mass is 32.2. The van der Waals surface area contributed by atoms with Gasteiger partial charge in [0.15, 0.2) is 4.34 Å². The fraction of sp³-hybridized carbons (Fsp3) is 0.261. The molecule has 2 N–H and O–H groups in total. The highest BCUT2D eigenvalue weighted by molar-refractivity contribution is 8.00. The molecule has 0 spiro atoms. The lowest BCUT2D eigenvalue weighted by atomic mass is 10.1. The number of hydrogen-bond donors (Lipinski definition) is 2. The molecule has 9 heteroatoms. The zero-order valence-electron chi connectivity index (χ0n) is 18.2. The van der Waals surface area contributed by atoms with Crippen LogP contribution < -0.4 is 10.1 Å². The number of benzene rings is 2. The number of rotatable bonds is 9. The molecule has 0 saturated heterocycles. The second kappa shape index (κ2) is 10.2. The number of thioether (sulfide) groups is 1. The summed E-state index contributed by atoms with van der Waals surface area (Å²) in [6.45, 7) is 0. The van der Waals surface area contributed by atoms with Crippen LogP contribution >= 0.6 is 23.1 Å². The van der Waals surface area contributed by atoms with Gasteiger partial charge in [-0.3, -0.25) is 9.69 Å². The fourth-order valence-electron chi connectivity index (χ4n) is 3.34. The summed E-state index contributed by atoms with van der Waals surface area (Å²) in [5, 5.41) is 3.05.